The maximum absolute atomic E-state index is 14.1. The number of rotatable bonds is 12. The van der Waals surface area contributed by atoms with Gasteiger partial charge < -0.3 is 21.1 Å². The summed E-state index contributed by atoms with van der Waals surface area (Å²) >= 11 is 1.61. The van der Waals surface area contributed by atoms with Crippen LogP contribution in [-0.4, -0.2) is 45.7 Å². The van der Waals surface area contributed by atoms with E-state index in [1.54, 1.807) is 25.6 Å². The summed E-state index contributed by atoms with van der Waals surface area (Å²) in [6.07, 6.45) is 1.35. The van der Waals surface area contributed by atoms with Gasteiger partial charge in [-0.15, -0.1) is 11.8 Å². The highest BCUT2D eigenvalue weighted by Gasteiger charge is 2.25. The summed E-state index contributed by atoms with van der Waals surface area (Å²) < 4.78 is 14.1. The Morgan fingerprint density at radius 1 is 1.28 bits per heavy atom. The summed E-state index contributed by atoms with van der Waals surface area (Å²) in [5.74, 6) is -3.54. The first-order chi connectivity index (χ1) is 15.0. The van der Waals surface area contributed by atoms with Crippen molar-refractivity contribution in [1.29, 1.82) is 0 Å². The number of nitrogens with one attached hydrogen (secondary N) is 3. The van der Waals surface area contributed by atoms with Gasteiger partial charge in [-0.3, -0.25) is 9.59 Å². The Morgan fingerprint density at radius 3 is 2.47 bits per heavy atom. The molecule has 8 nitrogen and oxygen atoms in total. The largest absolute Gasteiger partial charge is 0.480 e. The monoisotopic (exact) mass is 466 g/mol. The van der Waals surface area contributed by atoms with Crippen molar-refractivity contribution in [1.82, 2.24) is 20.9 Å². The summed E-state index contributed by atoms with van der Waals surface area (Å²) in [5.41, 5.74) is -0.126. The number of allylic oxidation sites excluding steroid dienone is 2. The van der Waals surface area contributed by atoms with Gasteiger partial charge in [0.15, 0.2) is 0 Å². The molecule has 1 aromatic heterocycles. The SMILES string of the molecule is C=C(C)SC(C)CNCc1nc(C(=O)N/C(=C\C)C(=O)N[C@H](C(=O)O)C(C)C)ccc1F. The molecular weight excluding hydrogens is 435 g/mol. The van der Waals surface area contributed by atoms with Crippen molar-refractivity contribution in [3.05, 3.63) is 52.6 Å². The summed E-state index contributed by atoms with van der Waals surface area (Å²) in [5, 5.41) is 17.4. The number of hydrogen-bond acceptors (Lipinski definition) is 6. The Balaban J connectivity index is 2.83. The van der Waals surface area contributed by atoms with E-state index in [9.17, 15) is 23.9 Å². The van der Waals surface area contributed by atoms with Crippen LogP contribution in [0, 0.1) is 11.7 Å². The molecule has 0 saturated carbocycles. The van der Waals surface area contributed by atoms with Gasteiger partial charge in [-0.25, -0.2) is 14.2 Å². The normalized spacial score (nSPS) is 13.4. The van der Waals surface area contributed by atoms with Crippen LogP contribution in [0.15, 0.2) is 35.4 Å². The zero-order valence-electron chi connectivity index (χ0n) is 19.0. The fraction of sp³-hybridized carbons (Fsp3) is 0.455. The lowest BCUT2D eigenvalue weighted by molar-refractivity contribution is -0.142. The van der Waals surface area contributed by atoms with Crippen LogP contribution in [0.5, 0.6) is 0 Å². The number of carbonyl (C=O) groups is 3. The van der Waals surface area contributed by atoms with Gasteiger partial charge in [-0.05, 0) is 36.8 Å². The molecule has 0 aromatic carbocycles. The quantitative estimate of drug-likeness (QED) is 0.350. The van der Waals surface area contributed by atoms with Crippen LogP contribution in [0.4, 0.5) is 4.39 Å². The third-order valence-electron chi connectivity index (χ3n) is 4.28. The second kappa shape index (κ2) is 13.0. The molecule has 0 aliphatic carbocycles. The van der Waals surface area contributed by atoms with E-state index in [1.807, 2.05) is 13.8 Å². The van der Waals surface area contributed by atoms with Gasteiger partial charge in [-0.2, -0.15) is 0 Å². The minimum absolute atomic E-state index is 0.0710. The van der Waals surface area contributed by atoms with Crippen molar-refractivity contribution in [3.8, 4) is 0 Å². The van der Waals surface area contributed by atoms with E-state index in [4.69, 9.17) is 0 Å². The molecule has 0 spiro atoms. The molecule has 0 bridgehead atoms. The molecule has 1 rings (SSSR count). The van der Waals surface area contributed by atoms with E-state index < -0.39 is 29.6 Å². The molecule has 2 atom stereocenters. The summed E-state index contributed by atoms with van der Waals surface area (Å²) in [6.45, 7) is 13.3. The zero-order chi connectivity index (χ0) is 24.4. The number of pyridine rings is 1. The lowest BCUT2D eigenvalue weighted by Crippen LogP contribution is -2.47. The van der Waals surface area contributed by atoms with Crippen molar-refractivity contribution >= 4 is 29.5 Å². The number of halogens is 1. The van der Waals surface area contributed by atoms with Crippen LogP contribution in [0.2, 0.25) is 0 Å². The molecule has 10 heteroatoms. The number of hydrogen-bond donors (Lipinski definition) is 4. The molecule has 1 unspecified atom stereocenters. The van der Waals surface area contributed by atoms with Gasteiger partial charge in [-0.1, -0.05) is 33.4 Å². The van der Waals surface area contributed by atoms with Crippen molar-refractivity contribution in [3.63, 3.8) is 0 Å². The number of thioether (sulfide) groups is 1. The molecule has 2 amide bonds. The van der Waals surface area contributed by atoms with Crippen LogP contribution >= 0.6 is 11.8 Å². The predicted molar refractivity (Wildman–Crippen MR) is 123 cm³/mol. The fourth-order valence-corrected chi connectivity index (χ4v) is 3.58. The lowest BCUT2D eigenvalue weighted by Gasteiger charge is -2.19. The van der Waals surface area contributed by atoms with E-state index in [-0.39, 0.29) is 34.8 Å². The highest BCUT2D eigenvalue weighted by atomic mass is 32.2. The molecule has 1 aromatic rings. The Labute approximate surface area is 192 Å². The topological polar surface area (TPSA) is 120 Å². The first kappa shape index (κ1) is 27.3. The standard InChI is InChI=1S/C22H31FN4O4S/c1-7-16(20(28)27-19(12(2)3)22(30)31)26-21(29)17-9-8-15(23)18(25-17)11-24-10-14(6)32-13(4)5/h7-9,12,14,19,24H,4,10-11H2,1-3,5-6H3,(H,26,29)(H,27,28)(H,30,31)/b16-7-/t14?,19-/m0/s1. The van der Waals surface area contributed by atoms with Crippen molar-refractivity contribution in [2.24, 2.45) is 5.92 Å². The molecule has 0 aliphatic rings. The average molecular weight is 467 g/mol. The van der Waals surface area contributed by atoms with Crippen LogP contribution in [-0.2, 0) is 16.1 Å². The fourth-order valence-electron chi connectivity index (χ4n) is 2.69. The molecule has 0 aliphatic heterocycles. The number of carbonyl (C=O) groups excluding carboxylic acids is 2. The van der Waals surface area contributed by atoms with Gasteiger partial charge >= 0.3 is 5.97 Å². The smallest absolute Gasteiger partial charge is 0.326 e. The molecule has 32 heavy (non-hydrogen) atoms. The number of aromatic nitrogens is 1. The third-order valence-corrected chi connectivity index (χ3v) is 5.25. The van der Waals surface area contributed by atoms with E-state index >= 15 is 0 Å². The van der Waals surface area contributed by atoms with Crippen molar-refractivity contribution in [2.45, 2.75) is 52.5 Å². The molecule has 0 radical (unpaired) electrons. The zero-order valence-corrected chi connectivity index (χ0v) is 19.8. The number of carboxylic acid groups (broad SMARTS) is 1. The lowest BCUT2D eigenvalue weighted by atomic mass is 10.0. The molecule has 4 N–H and O–H groups in total. The van der Waals surface area contributed by atoms with Crippen molar-refractivity contribution < 1.29 is 23.9 Å². The Hall–Kier alpha value is -2.72. The van der Waals surface area contributed by atoms with Crippen LogP contribution in [0.25, 0.3) is 0 Å². The second-order valence-corrected chi connectivity index (χ2v) is 9.31. The van der Waals surface area contributed by atoms with E-state index in [0.717, 1.165) is 11.0 Å². The van der Waals surface area contributed by atoms with Crippen LogP contribution in [0.1, 0.15) is 50.8 Å². The first-order valence-electron chi connectivity index (χ1n) is 10.2. The second-order valence-electron chi connectivity index (χ2n) is 7.58. The highest BCUT2D eigenvalue weighted by molar-refractivity contribution is 8.03. The average Bonchev–Trinajstić information content (AvgIpc) is 2.70. The Bertz CT molecular complexity index is 889. The molecule has 176 valence electrons. The third kappa shape index (κ3) is 8.80. The van der Waals surface area contributed by atoms with Gasteiger partial charge in [0.25, 0.3) is 11.8 Å². The summed E-state index contributed by atoms with van der Waals surface area (Å²) in [6, 6.07) is 1.24. The maximum atomic E-state index is 14.1. The highest BCUT2D eigenvalue weighted by Crippen LogP contribution is 2.18. The van der Waals surface area contributed by atoms with Gasteiger partial charge in [0.2, 0.25) is 0 Å². The number of nitrogens with zero attached hydrogens (tertiary/aromatic N) is 1. The van der Waals surface area contributed by atoms with E-state index in [1.165, 1.54) is 19.1 Å². The van der Waals surface area contributed by atoms with Crippen LogP contribution < -0.4 is 16.0 Å². The molecule has 0 fully saturated rings. The Kier molecular flexibility index (Phi) is 11.1. The molecule has 0 saturated heterocycles. The molecule has 1 heterocycles. The summed E-state index contributed by atoms with van der Waals surface area (Å²) in [4.78, 5) is 41.3. The minimum Gasteiger partial charge on any atom is -0.480 e. The number of aliphatic carboxylic acids is 1. The predicted octanol–water partition coefficient (Wildman–Crippen LogP) is 2.82. The van der Waals surface area contributed by atoms with Gasteiger partial charge in [0.1, 0.15) is 23.3 Å². The Morgan fingerprint density at radius 2 is 1.94 bits per heavy atom. The van der Waals surface area contributed by atoms with Crippen LogP contribution in [0.3, 0.4) is 0 Å². The van der Waals surface area contributed by atoms with Crippen molar-refractivity contribution in [2.75, 3.05) is 6.54 Å². The van der Waals surface area contributed by atoms with Gasteiger partial charge in [0.05, 0.1) is 5.69 Å². The maximum Gasteiger partial charge on any atom is 0.326 e. The minimum atomic E-state index is -1.18. The molecular formula is C22H31FN4O4S. The summed E-state index contributed by atoms with van der Waals surface area (Å²) in [7, 11) is 0. The first-order valence-corrected chi connectivity index (χ1v) is 11.0. The number of amides is 2. The van der Waals surface area contributed by atoms with Gasteiger partial charge in [0, 0.05) is 18.3 Å². The van der Waals surface area contributed by atoms with E-state index in [2.05, 4.69) is 27.5 Å². The van der Waals surface area contributed by atoms with E-state index in [0.29, 0.717) is 6.54 Å². The number of carboxylic acids is 1.